The number of halogens is 3. The van der Waals surface area contributed by atoms with Gasteiger partial charge in [-0.3, -0.25) is 5.32 Å². The molecule has 1 aliphatic rings. The van der Waals surface area contributed by atoms with E-state index < -0.39 is 29.9 Å². The van der Waals surface area contributed by atoms with E-state index in [1.165, 1.54) is 19.2 Å². The predicted octanol–water partition coefficient (Wildman–Crippen LogP) is 3.00. The molecular formula is C17H21F3N2O6S. The molecule has 1 aliphatic carbocycles. The van der Waals surface area contributed by atoms with Crippen molar-refractivity contribution in [2.24, 2.45) is 0 Å². The molecule has 12 heteroatoms. The van der Waals surface area contributed by atoms with Crippen molar-refractivity contribution in [2.45, 2.75) is 44.9 Å². The number of thiophene rings is 1. The first-order valence-corrected chi connectivity index (χ1v) is 9.62. The minimum Gasteiger partial charge on any atom is -0.465 e. The highest BCUT2D eigenvalue weighted by atomic mass is 32.1. The van der Waals surface area contributed by atoms with Gasteiger partial charge in [0.1, 0.15) is 5.00 Å². The molecule has 1 amide bonds. The van der Waals surface area contributed by atoms with Crippen LogP contribution in [0.4, 0.5) is 23.0 Å². The molecule has 162 valence electrons. The van der Waals surface area contributed by atoms with Crippen molar-refractivity contribution in [1.82, 2.24) is 5.32 Å². The van der Waals surface area contributed by atoms with E-state index >= 15 is 0 Å². The minimum absolute atomic E-state index is 0.0893. The second-order valence-electron chi connectivity index (χ2n) is 5.99. The maximum absolute atomic E-state index is 14.1. The van der Waals surface area contributed by atoms with E-state index in [9.17, 15) is 27.6 Å². The molecule has 0 saturated heterocycles. The first-order chi connectivity index (χ1) is 13.6. The molecule has 1 atom stereocenters. The maximum Gasteiger partial charge on any atom is 0.442 e. The highest BCUT2D eigenvalue weighted by molar-refractivity contribution is 7.16. The Morgan fingerprint density at radius 1 is 1.10 bits per heavy atom. The highest BCUT2D eigenvalue weighted by Gasteiger charge is 2.64. The van der Waals surface area contributed by atoms with Gasteiger partial charge in [-0.25, -0.2) is 14.4 Å². The number of ether oxygens (including phenoxy) is 3. The number of aryl methyl sites for hydroxylation is 1. The van der Waals surface area contributed by atoms with Crippen molar-refractivity contribution < 1.29 is 41.8 Å². The van der Waals surface area contributed by atoms with Gasteiger partial charge in [0.25, 0.3) is 0 Å². The molecule has 1 heterocycles. The van der Waals surface area contributed by atoms with E-state index in [0.29, 0.717) is 23.3 Å². The van der Waals surface area contributed by atoms with E-state index in [-0.39, 0.29) is 23.8 Å². The van der Waals surface area contributed by atoms with Crippen molar-refractivity contribution in [2.75, 3.05) is 25.6 Å². The zero-order valence-corrected chi connectivity index (χ0v) is 16.8. The number of carbonyl (C=O) groups excluding carboxylic acids is 3. The number of carbonyl (C=O) groups is 3. The number of alkyl carbamates (subject to hydrolysis) is 1. The van der Waals surface area contributed by atoms with Gasteiger partial charge in [0.2, 0.25) is 0 Å². The summed E-state index contributed by atoms with van der Waals surface area (Å²) in [5.41, 5.74) is -3.18. The number of nitrogens with one attached hydrogen (secondary N) is 2. The molecule has 0 unspecified atom stereocenters. The Kier molecular flexibility index (Phi) is 6.98. The molecule has 1 aromatic rings. The Bertz CT molecular complexity index is 795. The lowest BCUT2D eigenvalue weighted by Crippen LogP contribution is -2.69. The Morgan fingerprint density at radius 3 is 2.31 bits per heavy atom. The average Bonchev–Trinajstić information content (AvgIpc) is 3.20. The SMILES string of the molecule is CCOC(=O)N[C@](Nc1sc2c(c1C(=O)OC)CCC2)(C(=O)OCC)C(F)(F)F. The summed E-state index contributed by atoms with van der Waals surface area (Å²) in [7, 11) is 1.10. The summed E-state index contributed by atoms with van der Waals surface area (Å²) in [5.74, 6) is -2.63. The monoisotopic (exact) mass is 438 g/mol. The second kappa shape index (κ2) is 8.89. The summed E-state index contributed by atoms with van der Waals surface area (Å²) < 4.78 is 56.1. The molecular weight excluding hydrogens is 417 g/mol. The average molecular weight is 438 g/mol. The number of rotatable bonds is 7. The van der Waals surface area contributed by atoms with E-state index in [1.807, 2.05) is 5.32 Å². The van der Waals surface area contributed by atoms with Crippen molar-refractivity contribution in [3.05, 3.63) is 16.0 Å². The van der Waals surface area contributed by atoms with Crippen LogP contribution in [0.3, 0.4) is 0 Å². The minimum atomic E-state index is -5.33. The van der Waals surface area contributed by atoms with Crippen LogP contribution in [0.25, 0.3) is 0 Å². The highest BCUT2D eigenvalue weighted by Crippen LogP contribution is 2.43. The first-order valence-electron chi connectivity index (χ1n) is 8.81. The molecule has 1 aromatic heterocycles. The van der Waals surface area contributed by atoms with Crippen LogP contribution in [0, 0.1) is 0 Å². The standard InChI is InChI=1S/C17H21F3N2O6S/c1-4-27-14(24)16(17(18,19)20,22-15(25)28-5-2)21-12-11(13(23)26-3)9-7-6-8-10(9)29-12/h21H,4-8H2,1-3H3,(H,22,25)/t16-/m1/s1. The van der Waals surface area contributed by atoms with E-state index in [2.05, 4.69) is 9.47 Å². The van der Waals surface area contributed by atoms with E-state index in [4.69, 9.17) is 4.74 Å². The zero-order chi connectivity index (χ0) is 21.8. The smallest absolute Gasteiger partial charge is 0.442 e. The molecule has 0 bridgehead atoms. The molecule has 29 heavy (non-hydrogen) atoms. The number of esters is 2. The van der Waals surface area contributed by atoms with Crippen LogP contribution in [-0.4, -0.2) is 50.2 Å². The number of hydrogen-bond donors (Lipinski definition) is 2. The quantitative estimate of drug-likeness (QED) is 0.383. The van der Waals surface area contributed by atoms with Crippen LogP contribution in [-0.2, 0) is 31.8 Å². The summed E-state index contributed by atoms with van der Waals surface area (Å²) in [6, 6.07) is 0. The third-order valence-electron chi connectivity index (χ3n) is 4.18. The summed E-state index contributed by atoms with van der Waals surface area (Å²) >= 11 is 0.899. The Morgan fingerprint density at radius 2 is 1.76 bits per heavy atom. The number of methoxy groups -OCH3 is 1. The lowest BCUT2D eigenvalue weighted by molar-refractivity contribution is -0.205. The van der Waals surface area contributed by atoms with Gasteiger partial charge in [-0.15, -0.1) is 11.3 Å². The third kappa shape index (κ3) is 4.41. The van der Waals surface area contributed by atoms with Gasteiger partial charge in [0, 0.05) is 4.88 Å². The molecule has 2 N–H and O–H groups in total. The van der Waals surface area contributed by atoms with Gasteiger partial charge in [-0.2, -0.15) is 13.2 Å². The molecule has 8 nitrogen and oxygen atoms in total. The fourth-order valence-electron chi connectivity index (χ4n) is 2.93. The summed E-state index contributed by atoms with van der Waals surface area (Å²) in [4.78, 5) is 37.2. The molecule has 2 rings (SSSR count). The predicted molar refractivity (Wildman–Crippen MR) is 96.9 cm³/mol. The van der Waals surface area contributed by atoms with E-state index in [1.54, 1.807) is 0 Å². The van der Waals surface area contributed by atoms with Crippen molar-refractivity contribution in [3.63, 3.8) is 0 Å². The van der Waals surface area contributed by atoms with Crippen LogP contribution in [0.5, 0.6) is 0 Å². The number of fused-ring (bicyclic) bond motifs is 1. The summed E-state index contributed by atoms with van der Waals surface area (Å²) in [5, 5.41) is 3.32. The third-order valence-corrected chi connectivity index (χ3v) is 5.39. The number of alkyl halides is 3. The van der Waals surface area contributed by atoms with Crippen LogP contribution in [0.1, 0.15) is 41.1 Å². The lowest BCUT2D eigenvalue weighted by Gasteiger charge is -2.34. The van der Waals surface area contributed by atoms with Crippen molar-refractivity contribution in [3.8, 4) is 0 Å². The fourth-order valence-corrected chi connectivity index (χ4v) is 4.26. The van der Waals surface area contributed by atoms with Crippen LogP contribution in [0.2, 0.25) is 0 Å². The van der Waals surface area contributed by atoms with Gasteiger partial charge >= 0.3 is 29.9 Å². The summed E-state index contributed by atoms with van der Waals surface area (Å²) in [6.07, 6.45) is -4.99. The molecule has 0 radical (unpaired) electrons. The van der Waals surface area contributed by atoms with Gasteiger partial charge in [-0.1, -0.05) is 0 Å². The van der Waals surface area contributed by atoms with Crippen LogP contribution >= 0.6 is 11.3 Å². The zero-order valence-electron chi connectivity index (χ0n) is 16.0. The van der Waals surface area contributed by atoms with Crippen molar-refractivity contribution in [1.29, 1.82) is 0 Å². The molecule has 0 fully saturated rings. The Balaban J connectivity index is 2.59. The van der Waals surface area contributed by atoms with Gasteiger partial charge < -0.3 is 19.5 Å². The largest absolute Gasteiger partial charge is 0.465 e. The van der Waals surface area contributed by atoms with Crippen molar-refractivity contribution >= 4 is 34.4 Å². The topological polar surface area (TPSA) is 103 Å². The molecule has 0 saturated carbocycles. The lowest BCUT2D eigenvalue weighted by atomic mass is 10.1. The van der Waals surface area contributed by atoms with Gasteiger partial charge in [0.15, 0.2) is 0 Å². The first kappa shape index (κ1) is 22.8. The molecule has 0 spiro atoms. The normalized spacial score (nSPS) is 15.1. The number of hydrogen-bond acceptors (Lipinski definition) is 8. The van der Waals surface area contributed by atoms with Gasteiger partial charge in [-0.05, 0) is 38.7 Å². The van der Waals surface area contributed by atoms with E-state index in [0.717, 1.165) is 24.9 Å². The number of amides is 1. The maximum atomic E-state index is 14.1. The molecule has 0 aromatic carbocycles. The van der Waals surface area contributed by atoms with Crippen LogP contribution < -0.4 is 10.6 Å². The molecule has 0 aliphatic heterocycles. The fraction of sp³-hybridized carbons (Fsp3) is 0.588. The number of anilines is 1. The van der Waals surface area contributed by atoms with Crippen LogP contribution in [0.15, 0.2) is 0 Å². The Hall–Kier alpha value is -2.50. The Labute approximate surface area is 168 Å². The van der Waals surface area contributed by atoms with Gasteiger partial charge in [0.05, 0.1) is 25.9 Å². The second-order valence-corrected chi connectivity index (χ2v) is 7.10. The summed E-state index contributed by atoms with van der Waals surface area (Å²) in [6.45, 7) is 2.13.